The standard InChI is InChI=1S/C11H15FN2O2S/c12-8-5-6-10(13)11(7-8)14-17(15,16)9-3-1-2-4-9/h5-7,9,14H,1-4,13H2. The summed E-state index contributed by atoms with van der Waals surface area (Å²) in [5.41, 5.74) is 5.95. The van der Waals surface area contributed by atoms with Gasteiger partial charge in [0.2, 0.25) is 10.0 Å². The molecule has 1 aromatic carbocycles. The zero-order valence-electron chi connectivity index (χ0n) is 9.32. The fourth-order valence-electron chi connectivity index (χ4n) is 2.05. The van der Waals surface area contributed by atoms with E-state index in [1.165, 1.54) is 12.1 Å². The predicted molar refractivity (Wildman–Crippen MR) is 65.6 cm³/mol. The van der Waals surface area contributed by atoms with Crippen molar-refractivity contribution in [1.29, 1.82) is 0 Å². The molecule has 17 heavy (non-hydrogen) atoms. The van der Waals surface area contributed by atoms with Crippen LogP contribution in [-0.2, 0) is 10.0 Å². The van der Waals surface area contributed by atoms with Crippen molar-refractivity contribution in [2.75, 3.05) is 10.5 Å². The highest BCUT2D eigenvalue weighted by Gasteiger charge is 2.29. The number of hydrogen-bond acceptors (Lipinski definition) is 3. The van der Waals surface area contributed by atoms with Gasteiger partial charge in [-0.3, -0.25) is 4.72 Å². The molecule has 1 fully saturated rings. The number of nitrogen functional groups attached to an aromatic ring is 1. The third-order valence-electron chi connectivity index (χ3n) is 3.01. The zero-order valence-corrected chi connectivity index (χ0v) is 10.1. The lowest BCUT2D eigenvalue weighted by atomic mass is 10.3. The van der Waals surface area contributed by atoms with E-state index in [9.17, 15) is 12.8 Å². The summed E-state index contributed by atoms with van der Waals surface area (Å²) >= 11 is 0. The van der Waals surface area contributed by atoms with E-state index in [2.05, 4.69) is 4.72 Å². The molecule has 0 bridgehead atoms. The maximum atomic E-state index is 13.0. The molecule has 3 N–H and O–H groups in total. The van der Waals surface area contributed by atoms with Crippen molar-refractivity contribution in [2.45, 2.75) is 30.9 Å². The van der Waals surface area contributed by atoms with Crippen molar-refractivity contribution in [3.05, 3.63) is 24.0 Å². The van der Waals surface area contributed by atoms with Gasteiger partial charge in [0.1, 0.15) is 5.82 Å². The Hall–Kier alpha value is -1.30. The number of hydrogen-bond donors (Lipinski definition) is 2. The molecule has 0 aromatic heterocycles. The van der Waals surface area contributed by atoms with Gasteiger partial charge in [-0.25, -0.2) is 12.8 Å². The topological polar surface area (TPSA) is 72.2 Å². The van der Waals surface area contributed by atoms with Crippen molar-refractivity contribution in [1.82, 2.24) is 0 Å². The predicted octanol–water partition coefficient (Wildman–Crippen LogP) is 2.09. The maximum absolute atomic E-state index is 13.0. The van der Waals surface area contributed by atoms with Gasteiger partial charge in [0.25, 0.3) is 0 Å². The molecule has 0 saturated heterocycles. The molecule has 0 amide bonds. The molecule has 0 spiro atoms. The molecule has 1 aromatic rings. The molecule has 0 unspecified atom stereocenters. The summed E-state index contributed by atoms with van der Waals surface area (Å²) in [6.07, 6.45) is 3.16. The average Bonchev–Trinajstić information content (AvgIpc) is 2.77. The molecule has 1 saturated carbocycles. The lowest BCUT2D eigenvalue weighted by molar-refractivity contribution is 0.585. The first kappa shape index (κ1) is 12.2. The molecule has 1 aliphatic carbocycles. The molecule has 2 rings (SSSR count). The molecule has 4 nitrogen and oxygen atoms in total. The largest absolute Gasteiger partial charge is 0.397 e. The normalized spacial score (nSPS) is 17.2. The Kier molecular flexibility index (Phi) is 3.24. The molecule has 94 valence electrons. The van der Waals surface area contributed by atoms with Gasteiger partial charge in [-0.15, -0.1) is 0 Å². The third-order valence-corrected chi connectivity index (χ3v) is 4.86. The molecule has 0 aliphatic heterocycles. The highest BCUT2D eigenvalue weighted by molar-refractivity contribution is 7.93. The zero-order chi connectivity index (χ0) is 12.5. The minimum atomic E-state index is -3.45. The summed E-state index contributed by atoms with van der Waals surface area (Å²) in [6, 6.07) is 3.65. The molecular weight excluding hydrogens is 243 g/mol. The quantitative estimate of drug-likeness (QED) is 0.815. The van der Waals surface area contributed by atoms with Gasteiger partial charge in [0.05, 0.1) is 16.6 Å². The van der Waals surface area contributed by atoms with Gasteiger partial charge in [0.15, 0.2) is 0 Å². The fraction of sp³-hybridized carbons (Fsp3) is 0.455. The molecular formula is C11H15FN2O2S. The number of halogens is 1. The van der Waals surface area contributed by atoms with E-state index in [1.807, 2.05) is 0 Å². The number of benzene rings is 1. The van der Waals surface area contributed by atoms with Crippen molar-refractivity contribution in [3.8, 4) is 0 Å². The van der Waals surface area contributed by atoms with E-state index < -0.39 is 15.8 Å². The molecule has 1 aliphatic rings. The molecule has 0 heterocycles. The lowest BCUT2D eigenvalue weighted by Gasteiger charge is -2.14. The SMILES string of the molecule is Nc1ccc(F)cc1NS(=O)(=O)C1CCCC1. The second-order valence-corrected chi connectivity index (χ2v) is 6.25. The van der Waals surface area contributed by atoms with E-state index in [0.717, 1.165) is 18.9 Å². The first-order chi connectivity index (χ1) is 7.99. The van der Waals surface area contributed by atoms with Crippen LogP contribution in [0.3, 0.4) is 0 Å². The van der Waals surface area contributed by atoms with Crippen LogP contribution in [0.1, 0.15) is 25.7 Å². The maximum Gasteiger partial charge on any atom is 0.235 e. The number of nitrogens with two attached hydrogens (primary N) is 1. The first-order valence-corrected chi connectivity index (χ1v) is 7.10. The van der Waals surface area contributed by atoms with Gasteiger partial charge in [-0.2, -0.15) is 0 Å². The monoisotopic (exact) mass is 258 g/mol. The summed E-state index contributed by atoms with van der Waals surface area (Å²) in [7, 11) is -3.45. The van der Waals surface area contributed by atoms with Crippen molar-refractivity contribution in [3.63, 3.8) is 0 Å². The number of anilines is 2. The highest BCUT2D eigenvalue weighted by Crippen LogP contribution is 2.28. The second kappa shape index (κ2) is 4.52. The summed E-state index contributed by atoms with van der Waals surface area (Å²) in [5.74, 6) is -0.511. The Labute approximate surface area is 100 Å². The Morgan fingerprint density at radius 1 is 1.29 bits per heavy atom. The van der Waals surface area contributed by atoms with E-state index >= 15 is 0 Å². The van der Waals surface area contributed by atoms with Gasteiger partial charge in [-0.05, 0) is 25.0 Å². The Morgan fingerprint density at radius 2 is 1.94 bits per heavy atom. The molecule has 0 atom stereocenters. The molecule has 0 radical (unpaired) electrons. The lowest BCUT2D eigenvalue weighted by Crippen LogP contribution is -2.25. The van der Waals surface area contributed by atoms with E-state index in [1.54, 1.807) is 0 Å². The third kappa shape index (κ3) is 2.69. The van der Waals surface area contributed by atoms with Crippen LogP contribution in [0.25, 0.3) is 0 Å². The summed E-state index contributed by atoms with van der Waals surface area (Å²) in [4.78, 5) is 0. The Bertz CT molecular complexity index is 510. The smallest absolute Gasteiger partial charge is 0.235 e. The minimum Gasteiger partial charge on any atom is -0.397 e. The van der Waals surface area contributed by atoms with Crippen LogP contribution in [0.4, 0.5) is 15.8 Å². The second-order valence-electron chi connectivity index (χ2n) is 4.29. The van der Waals surface area contributed by atoms with Crippen LogP contribution < -0.4 is 10.5 Å². The summed E-state index contributed by atoms with van der Waals surface area (Å²) in [5, 5.41) is -0.384. The minimum absolute atomic E-state index is 0.122. The van der Waals surface area contributed by atoms with Crippen LogP contribution in [0, 0.1) is 5.82 Å². The van der Waals surface area contributed by atoms with Crippen LogP contribution in [-0.4, -0.2) is 13.7 Å². The van der Waals surface area contributed by atoms with E-state index in [-0.39, 0.29) is 16.6 Å². The van der Waals surface area contributed by atoms with Crippen molar-refractivity contribution in [2.24, 2.45) is 0 Å². The van der Waals surface area contributed by atoms with E-state index in [0.29, 0.717) is 12.8 Å². The van der Waals surface area contributed by atoms with Crippen LogP contribution in [0.5, 0.6) is 0 Å². The fourth-order valence-corrected chi connectivity index (χ4v) is 3.66. The molecule has 6 heteroatoms. The number of sulfonamides is 1. The van der Waals surface area contributed by atoms with Gasteiger partial charge in [0, 0.05) is 6.07 Å². The summed E-state index contributed by atoms with van der Waals surface area (Å²) < 4.78 is 39.3. The van der Waals surface area contributed by atoms with Crippen molar-refractivity contribution < 1.29 is 12.8 Å². The highest BCUT2D eigenvalue weighted by atomic mass is 32.2. The average molecular weight is 258 g/mol. The van der Waals surface area contributed by atoms with Gasteiger partial charge < -0.3 is 5.73 Å². The van der Waals surface area contributed by atoms with Gasteiger partial charge >= 0.3 is 0 Å². The van der Waals surface area contributed by atoms with Crippen molar-refractivity contribution >= 4 is 21.4 Å². The van der Waals surface area contributed by atoms with E-state index in [4.69, 9.17) is 5.73 Å². The summed E-state index contributed by atoms with van der Waals surface area (Å²) in [6.45, 7) is 0. The Morgan fingerprint density at radius 3 is 2.59 bits per heavy atom. The van der Waals surface area contributed by atoms with Crippen LogP contribution in [0.15, 0.2) is 18.2 Å². The Balaban J connectivity index is 2.22. The number of nitrogens with one attached hydrogen (secondary N) is 1. The van der Waals surface area contributed by atoms with Gasteiger partial charge in [-0.1, -0.05) is 12.8 Å². The first-order valence-electron chi connectivity index (χ1n) is 5.56. The van der Waals surface area contributed by atoms with Crippen LogP contribution in [0.2, 0.25) is 0 Å². The number of rotatable bonds is 3. The van der Waals surface area contributed by atoms with Crippen LogP contribution >= 0.6 is 0 Å².